The molecule has 30 heavy (non-hydrogen) atoms. The van der Waals surface area contributed by atoms with Crippen molar-refractivity contribution in [1.82, 2.24) is 0 Å². The van der Waals surface area contributed by atoms with Crippen molar-refractivity contribution in [2.45, 2.75) is 78.7 Å². The SMILES string of the molecule is CC(C)(C)c1ccccc1-c1cccc(-c2ccccc2C(C)(C)C)[n+]1C(C)(C)C. The third kappa shape index (κ3) is 4.36. The largest absolute Gasteiger partial charge is 0.213 e. The number of hydrogen-bond donors (Lipinski definition) is 0. The van der Waals surface area contributed by atoms with Gasteiger partial charge in [-0.2, -0.15) is 4.57 Å². The van der Waals surface area contributed by atoms with Crippen LogP contribution in [-0.4, -0.2) is 0 Å². The van der Waals surface area contributed by atoms with E-state index < -0.39 is 0 Å². The van der Waals surface area contributed by atoms with E-state index in [1.54, 1.807) is 0 Å². The van der Waals surface area contributed by atoms with Gasteiger partial charge in [-0.3, -0.25) is 0 Å². The van der Waals surface area contributed by atoms with E-state index >= 15 is 0 Å². The number of pyridine rings is 1. The summed E-state index contributed by atoms with van der Waals surface area (Å²) in [4.78, 5) is 0. The molecule has 1 aromatic heterocycles. The zero-order valence-electron chi connectivity index (χ0n) is 20.3. The number of rotatable bonds is 2. The van der Waals surface area contributed by atoms with E-state index in [9.17, 15) is 0 Å². The Balaban J connectivity index is 2.41. The predicted molar refractivity (Wildman–Crippen MR) is 130 cm³/mol. The molecule has 0 radical (unpaired) electrons. The van der Waals surface area contributed by atoms with Crippen LogP contribution < -0.4 is 4.57 Å². The molecule has 0 aliphatic rings. The van der Waals surface area contributed by atoms with Crippen molar-refractivity contribution in [3.63, 3.8) is 0 Å². The van der Waals surface area contributed by atoms with Crippen LogP contribution in [0.5, 0.6) is 0 Å². The first-order chi connectivity index (χ1) is 13.8. The van der Waals surface area contributed by atoms with E-state index in [1.807, 2.05) is 0 Å². The molecule has 0 spiro atoms. The highest BCUT2D eigenvalue weighted by Gasteiger charge is 2.34. The monoisotopic (exact) mass is 400 g/mol. The van der Waals surface area contributed by atoms with Crippen LogP contribution in [0.1, 0.15) is 73.4 Å². The van der Waals surface area contributed by atoms with Crippen LogP contribution in [0.25, 0.3) is 22.5 Å². The Hall–Kier alpha value is -2.41. The van der Waals surface area contributed by atoms with Gasteiger partial charge < -0.3 is 0 Å². The van der Waals surface area contributed by atoms with Gasteiger partial charge in [-0.1, -0.05) is 77.9 Å². The molecule has 3 aromatic rings. The molecule has 158 valence electrons. The van der Waals surface area contributed by atoms with Gasteiger partial charge in [0.05, 0.1) is 0 Å². The summed E-state index contributed by atoms with van der Waals surface area (Å²) in [6.07, 6.45) is 0. The maximum absolute atomic E-state index is 2.53. The molecule has 0 unspecified atom stereocenters. The molecule has 0 N–H and O–H groups in total. The lowest BCUT2D eigenvalue weighted by molar-refractivity contribution is -0.734. The third-order valence-electron chi connectivity index (χ3n) is 5.68. The Morgan fingerprint density at radius 1 is 0.467 bits per heavy atom. The minimum atomic E-state index is -0.0675. The van der Waals surface area contributed by atoms with Crippen LogP contribution in [0.4, 0.5) is 0 Å². The zero-order chi connectivity index (χ0) is 22.3. The van der Waals surface area contributed by atoms with Crippen LogP contribution in [0.15, 0.2) is 66.7 Å². The first kappa shape index (κ1) is 22.3. The molecule has 0 aliphatic carbocycles. The van der Waals surface area contributed by atoms with Crippen LogP contribution in [0.3, 0.4) is 0 Å². The molecule has 0 aliphatic heterocycles. The molecule has 2 aromatic carbocycles. The highest BCUT2D eigenvalue weighted by molar-refractivity contribution is 5.67. The second kappa shape index (κ2) is 7.69. The van der Waals surface area contributed by atoms with Gasteiger partial charge in [0.25, 0.3) is 0 Å². The highest BCUT2D eigenvalue weighted by Crippen LogP contribution is 2.36. The maximum Gasteiger partial charge on any atom is 0.213 e. The van der Waals surface area contributed by atoms with E-state index in [2.05, 4.69) is 134 Å². The molecule has 0 saturated heterocycles. The summed E-state index contributed by atoms with van der Waals surface area (Å²) >= 11 is 0. The standard InChI is InChI=1S/C29H38N/c1-27(2,3)23-17-12-10-15-21(23)25-19-14-20-26(30(25)29(7,8)9)22-16-11-13-18-24(22)28(4,5)6/h10-20H,1-9H3/q+1. The molecule has 1 heterocycles. The number of hydrogen-bond acceptors (Lipinski definition) is 0. The van der Waals surface area contributed by atoms with Crippen molar-refractivity contribution in [2.75, 3.05) is 0 Å². The number of aromatic nitrogens is 1. The molecule has 0 saturated carbocycles. The van der Waals surface area contributed by atoms with Gasteiger partial charge in [-0.25, -0.2) is 0 Å². The Morgan fingerprint density at radius 3 is 1.17 bits per heavy atom. The molecular formula is C29H38N+. The fourth-order valence-corrected chi connectivity index (χ4v) is 4.37. The fourth-order valence-electron chi connectivity index (χ4n) is 4.37. The van der Waals surface area contributed by atoms with Crippen LogP contribution >= 0.6 is 0 Å². The quantitative estimate of drug-likeness (QED) is 0.389. The summed E-state index contributed by atoms with van der Waals surface area (Å²) in [5, 5.41) is 0. The molecule has 0 bridgehead atoms. The van der Waals surface area contributed by atoms with Crippen molar-refractivity contribution in [2.24, 2.45) is 0 Å². The molecule has 1 nitrogen and oxygen atoms in total. The summed E-state index contributed by atoms with van der Waals surface area (Å²) in [6.45, 7) is 20.7. The van der Waals surface area contributed by atoms with E-state index in [0.29, 0.717) is 0 Å². The van der Waals surface area contributed by atoms with Gasteiger partial charge in [-0.15, -0.1) is 0 Å². The first-order valence-electron chi connectivity index (χ1n) is 11.1. The lowest BCUT2D eigenvalue weighted by Gasteiger charge is -2.27. The average Bonchev–Trinajstić information content (AvgIpc) is 2.65. The Bertz CT molecular complexity index is 961. The van der Waals surface area contributed by atoms with Crippen molar-refractivity contribution in [3.05, 3.63) is 77.9 Å². The Morgan fingerprint density at radius 2 is 0.833 bits per heavy atom. The summed E-state index contributed by atoms with van der Waals surface area (Å²) in [6, 6.07) is 24.5. The van der Waals surface area contributed by atoms with E-state index in [1.165, 1.54) is 33.6 Å². The van der Waals surface area contributed by atoms with Gasteiger partial charge >= 0.3 is 0 Å². The smallest absolute Gasteiger partial charge is 0.187 e. The second-order valence-electron chi connectivity index (χ2n) is 11.4. The van der Waals surface area contributed by atoms with E-state index in [-0.39, 0.29) is 16.4 Å². The van der Waals surface area contributed by atoms with Crippen molar-refractivity contribution in [1.29, 1.82) is 0 Å². The molecule has 0 fully saturated rings. The van der Waals surface area contributed by atoms with Gasteiger partial charge in [0.1, 0.15) is 0 Å². The van der Waals surface area contributed by atoms with Crippen molar-refractivity contribution in [3.8, 4) is 22.5 Å². The molecule has 0 amide bonds. The van der Waals surface area contributed by atoms with Crippen LogP contribution in [-0.2, 0) is 16.4 Å². The summed E-state index contributed by atoms with van der Waals surface area (Å²) in [5.41, 5.74) is 8.01. The number of benzene rings is 2. The Labute approximate surface area is 183 Å². The zero-order valence-corrected chi connectivity index (χ0v) is 20.3. The molecular weight excluding hydrogens is 362 g/mol. The Kier molecular flexibility index (Phi) is 5.71. The van der Waals surface area contributed by atoms with Gasteiger partial charge in [0.15, 0.2) is 5.54 Å². The summed E-state index contributed by atoms with van der Waals surface area (Å²) in [7, 11) is 0. The van der Waals surface area contributed by atoms with E-state index in [0.717, 1.165) is 0 Å². The highest BCUT2D eigenvalue weighted by atomic mass is 15.1. The van der Waals surface area contributed by atoms with Crippen LogP contribution in [0, 0.1) is 0 Å². The fraction of sp³-hybridized carbons (Fsp3) is 0.414. The minimum Gasteiger partial charge on any atom is -0.187 e. The molecule has 1 heteroatoms. The first-order valence-corrected chi connectivity index (χ1v) is 11.1. The molecule has 0 atom stereocenters. The minimum absolute atomic E-state index is 0.0675. The summed E-state index contributed by atoms with van der Waals surface area (Å²) < 4.78 is 2.53. The van der Waals surface area contributed by atoms with Crippen molar-refractivity contribution < 1.29 is 4.57 Å². The van der Waals surface area contributed by atoms with Crippen LogP contribution in [0.2, 0.25) is 0 Å². The van der Waals surface area contributed by atoms with Gasteiger partial charge in [-0.05, 0) is 40.2 Å². The lowest BCUT2D eigenvalue weighted by Crippen LogP contribution is -2.53. The number of nitrogens with zero attached hydrogens (tertiary/aromatic N) is 1. The second-order valence-corrected chi connectivity index (χ2v) is 11.4. The van der Waals surface area contributed by atoms with E-state index in [4.69, 9.17) is 0 Å². The van der Waals surface area contributed by atoms with Crippen molar-refractivity contribution >= 4 is 0 Å². The normalized spacial score (nSPS) is 12.8. The van der Waals surface area contributed by atoms with Gasteiger partial charge in [0.2, 0.25) is 11.4 Å². The maximum atomic E-state index is 2.53. The average molecular weight is 401 g/mol. The summed E-state index contributed by atoms with van der Waals surface area (Å²) in [5.74, 6) is 0. The lowest BCUT2D eigenvalue weighted by atomic mass is 9.81. The third-order valence-corrected chi connectivity index (χ3v) is 5.68. The predicted octanol–water partition coefficient (Wildman–Crippen LogP) is 7.66. The molecule has 3 rings (SSSR count). The van der Waals surface area contributed by atoms with Gasteiger partial charge in [0, 0.05) is 44.0 Å². The topological polar surface area (TPSA) is 3.88 Å².